The average Bonchev–Trinajstić information content (AvgIpc) is 2.51. The molecule has 0 bridgehead atoms. The SMILES string of the molecule is C=CC[N+]1(CCCC)CCCC1. The Morgan fingerprint density at radius 1 is 1.33 bits per heavy atom. The molecule has 1 nitrogen and oxygen atoms in total. The van der Waals surface area contributed by atoms with E-state index in [0.29, 0.717) is 0 Å². The normalized spacial score (nSPS) is 21.1. The number of quaternary nitrogens is 1. The Morgan fingerprint density at radius 3 is 2.50 bits per heavy atom. The fraction of sp³-hybridized carbons (Fsp3) is 0.818. The summed E-state index contributed by atoms with van der Waals surface area (Å²) in [7, 11) is 0. The summed E-state index contributed by atoms with van der Waals surface area (Å²) in [5, 5.41) is 0. The maximum atomic E-state index is 3.86. The van der Waals surface area contributed by atoms with Gasteiger partial charge >= 0.3 is 0 Å². The van der Waals surface area contributed by atoms with Gasteiger partial charge in [-0.25, -0.2) is 0 Å². The van der Waals surface area contributed by atoms with Gasteiger partial charge in [-0.2, -0.15) is 0 Å². The minimum Gasteiger partial charge on any atom is -0.320 e. The molecule has 70 valence electrons. The summed E-state index contributed by atoms with van der Waals surface area (Å²) in [6.07, 6.45) is 7.67. The zero-order chi connectivity index (χ0) is 8.86. The van der Waals surface area contributed by atoms with Gasteiger partial charge in [0, 0.05) is 12.8 Å². The standard InChI is InChI=1S/C11H22N/c1-3-5-9-12(8-4-2)10-6-7-11-12/h4H,2-3,5-11H2,1H3/q+1. The lowest BCUT2D eigenvalue weighted by Gasteiger charge is -2.33. The predicted octanol–water partition coefficient (Wildman–Crippen LogP) is 2.58. The largest absolute Gasteiger partial charge is 0.320 e. The van der Waals surface area contributed by atoms with Gasteiger partial charge < -0.3 is 4.48 Å². The molecule has 1 aliphatic heterocycles. The van der Waals surface area contributed by atoms with E-state index in [0.717, 1.165) is 0 Å². The van der Waals surface area contributed by atoms with Crippen LogP contribution in [0.3, 0.4) is 0 Å². The van der Waals surface area contributed by atoms with Crippen LogP contribution in [0.1, 0.15) is 32.6 Å². The first kappa shape index (κ1) is 9.79. The van der Waals surface area contributed by atoms with Crippen LogP contribution in [-0.2, 0) is 0 Å². The second-order valence-corrected chi connectivity index (χ2v) is 4.04. The van der Waals surface area contributed by atoms with Crippen molar-refractivity contribution in [1.29, 1.82) is 0 Å². The minimum absolute atomic E-state index is 1.19. The molecule has 1 heterocycles. The fourth-order valence-corrected chi connectivity index (χ4v) is 2.27. The number of hydrogen-bond acceptors (Lipinski definition) is 0. The molecule has 0 N–H and O–H groups in total. The molecule has 1 saturated heterocycles. The molecule has 0 atom stereocenters. The van der Waals surface area contributed by atoms with Crippen LogP contribution >= 0.6 is 0 Å². The fourth-order valence-electron chi connectivity index (χ4n) is 2.27. The lowest BCUT2D eigenvalue weighted by molar-refractivity contribution is -0.911. The van der Waals surface area contributed by atoms with Crippen LogP contribution in [0.5, 0.6) is 0 Å². The summed E-state index contributed by atoms with van der Waals surface area (Å²) >= 11 is 0. The maximum absolute atomic E-state index is 3.86. The van der Waals surface area contributed by atoms with E-state index in [4.69, 9.17) is 0 Å². The van der Waals surface area contributed by atoms with Gasteiger partial charge in [-0.05, 0) is 12.5 Å². The highest BCUT2D eigenvalue weighted by molar-refractivity contribution is 4.68. The third kappa shape index (κ3) is 2.34. The molecule has 0 unspecified atom stereocenters. The lowest BCUT2D eigenvalue weighted by Crippen LogP contribution is -2.45. The number of unbranched alkanes of at least 4 members (excludes halogenated alkanes) is 1. The number of nitrogens with zero attached hydrogens (tertiary/aromatic N) is 1. The summed E-state index contributed by atoms with van der Waals surface area (Å²) < 4.78 is 1.33. The molecular weight excluding hydrogens is 146 g/mol. The Morgan fingerprint density at radius 2 is 2.00 bits per heavy atom. The van der Waals surface area contributed by atoms with Crippen molar-refractivity contribution in [3.63, 3.8) is 0 Å². The molecule has 0 aromatic heterocycles. The predicted molar refractivity (Wildman–Crippen MR) is 54.1 cm³/mol. The van der Waals surface area contributed by atoms with Crippen LogP contribution in [0, 0.1) is 0 Å². The van der Waals surface area contributed by atoms with Crippen LogP contribution in [0.15, 0.2) is 12.7 Å². The molecule has 0 aliphatic carbocycles. The quantitative estimate of drug-likeness (QED) is 0.437. The Hall–Kier alpha value is -0.300. The number of hydrogen-bond donors (Lipinski definition) is 0. The molecular formula is C11H22N+. The van der Waals surface area contributed by atoms with Gasteiger partial charge in [0.25, 0.3) is 0 Å². The van der Waals surface area contributed by atoms with E-state index < -0.39 is 0 Å². The van der Waals surface area contributed by atoms with Gasteiger partial charge in [-0.3, -0.25) is 0 Å². The Labute approximate surface area is 76.7 Å². The maximum Gasteiger partial charge on any atom is 0.0971 e. The minimum atomic E-state index is 1.19. The second-order valence-electron chi connectivity index (χ2n) is 4.04. The molecule has 0 saturated carbocycles. The molecule has 0 amide bonds. The van der Waals surface area contributed by atoms with E-state index in [1.807, 2.05) is 0 Å². The van der Waals surface area contributed by atoms with Crippen molar-refractivity contribution in [2.24, 2.45) is 0 Å². The second kappa shape index (κ2) is 4.66. The first-order chi connectivity index (χ1) is 5.83. The highest BCUT2D eigenvalue weighted by Gasteiger charge is 2.29. The van der Waals surface area contributed by atoms with Crippen LogP contribution in [-0.4, -0.2) is 30.7 Å². The van der Waals surface area contributed by atoms with Crippen LogP contribution in [0.25, 0.3) is 0 Å². The zero-order valence-electron chi connectivity index (χ0n) is 8.39. The average molecular weight is 168 g/mol. The van der Waals surface area contributed by atoms with Crippen molar-refractivity contribution in [3.05, 3.63) is 12.7 Å². The topological polar surface area (TPSA) is 0 Å². The third-order valence-electron chi connectivity index (χ3n) is 3.02. The Balaban J connectivity index is 2.40. The molecule has 1 rings (SSSR count). The van der Waals surface area contributed by atoms with Gasteiger partial charge in [-0.1, -0.05) is 19.9 Å². The molecule has 1 aliphatic rings. The molecule has 0 aromatic carbocycles. The lowest BCUT2D eigenvalue weighted by atomic mass is 10.2. The van der Waals surface area contributed by atoms with Crippen molar-refractivity contribution in [2.75, 3.05) is 26.2 Å². The van der Waals surface area contributed by atoms with Crippen molar-refractivity contribution in [2.45, 2.75) is 32.6 Å². The third-order valence-corrected chi connectivity index (χ3v) is 3.02. The van der Waals surface area contributed by atoms with E-state index in [9.17, 15) is 0 Å². The molecule has 0 radical (unpaired) electrons. The monoisotopic (exact) mass is 168 g/mol. The summed E-state index contributed by atoms with van der Waals surface area (Å²) in [6, 6.07) is 0. The molecule has 1 heteroatoms. The highest BCUT2D eigenvalue weighted by Crippen LogP contribution is 2.20. The Kier molecular flexibility index (Phi) is 3.80. The van der Waals surface area contributed by atoms with Gasteiger partial charge in [0.2, 0.25) is 0 Å². The van der Waals surface area contributed by atoms with Crippen LogP contribution in [0.2, 0.25) is 0 Å². The van der Waals surface area contributed by atoms with E-state index in [1.54, 1.807) is 0 Å². The summed E-state index contributed by atoms with van der Waals surface area (Å²) in [6.45, 7) is 11.5. The van der Waals surface area contributed by atoms with Gasteiger partial charge in [0.1, 0.15) is 0 Å². The van der Waals surface area contributed by atoms with E-state index >= 15 is 0 Å². The van der Waals surface area contributed by atoms with E-state index in [2.05, 4.69) is 19.6 Å². The molecule has 1 fully saturated rings. The van der Waals surface area contributed by atoms with Crippen molar-refractivity contribution in [1.82, 2.24) is 0 Å². The first-order valence-corrected chi connectivity index (χ1v) is 5.29. The van der Waals surface area contributed by atoms with Crippen LogP contribution in [0.4, 0.5) is 0 Å². The zero-order valence-corrected chi connectivity index (χ0v) is 8.39. The number of rotatable bonds is 5. The highest BCUT2D eigenvalue weighted by atomic mass is 15.4. The van der Waals surface area contributed by atoms with Crippen molar-refractivity contribution in [3.8, 4) is 0 Å². The van der Waals surface area contributed by atoms with E-state index in [-0.39, 0.29) is 0 Å². The Bertz CT molecular complexity index is 134. The molecule has 0 spiro atoms. The van der Waals surface area contributed by atoms with Crippen molar-refractivity contribution < 1.29 is 4.48 Å². The van der Waals surface area contributed by atoms with Crippen molar-refractivity contribution >= 4 is 0 Å². The number of likely N-dealkylation sites (tertiary alicyclic amines) is 1. The smallest absolute Gasteiger partial charge is 0.0971 e. The van der Waals surface area contributed by atoms with Gasteiger partial charge in [-0.15, -0.1) is 0 Å². The molecule has 0 aromatic rings. The summed E-state index contributed by atoms with van der Waals surface area (Å²) in [5.41, 5.74) is 0. The summed E-state index contributed by atoms with van der Waals surface area (Å²) in [4.78, 5) is 0. The van der Waals surface area contributed by atoms with Gasteiger partial charge in [0.05, 0.1) is 26.2 Å². The molecule has 12 heavy (non-hydrogen) atoms. The van der Waals surface area contributed by atoms with Crippen LogP contribution < -0.4 is 0 Å². The summed E-state index contributed by atoms with van der Waals surface area (Å²) in [5.74, 6) is 0. The van der Waals surface area contributed by atoms with E-state index in [1.165, 1.54) is 56.3 Å². The van der Waals surface area contributed by atoms with Gasteiger partial charge in [0.15, 0.2) is 0 Å². The first-order valence-electron chi connectivity index (χ1n) is 5.29.